The molecule has 0 saturated heterocycles. The monoisotopic (exact) mass is 167 g/mol. The molecule has 0 bridgehead atoms. The molecule has 0 unspecified atom stereocenters. The SMILES string of the molecule is C=C/C(NC)=C(/OC=O)C(=C)C. The smallest absolute Gasteiger partial charge is 0.298 e. The third-order valence-corrected chi connectivity index (χ3v) is 1.27. The molecule has 0 aliphatic rings. The Labute approximate surface area is 72.4 Å². The summed E-state index contributed by atoms with van der Waals surface area (Å²) in [4.78, 5) is 10.1. The highest BCUT2D eigenvalue weighted by Crippen LogP contribution is 2.11. The van der Waals surface area contributed by atoms with Crippen molar-refractivity contribution < 1.29 is 9.53 Å². The van der Waals surface area contributed by atoms with Gasteiger partial charge in [-0.2, -0.15) is 0 Å². The molecule has 0 aliphatic carbocycles. The number of hydrogen-bond acceptors (Lipinski definition) is 3. The van der Waals surface area contributed by atoms with E-state index in [1.54, 1.807) is 20.0 Å². The van der Waals surface area contributed by atoms with Crippen molar-refractivity contribution in [2.24, 2.45) is 0 Å². The molecule has 0 aliphatic heterocycles. The van der Waals surface area contributed by atoms with Crippen molar-refractivity contribution in [1.29, 1.82) is 0 Å². The molecule has 66 valence electrons. The molecule has 3 heteroatoms. The van der Waals surface area contributed by atoms with Crippen LogP contribution in [0.15, 0.2) is 36.3 Å². The van der Waals surface area contributed by atoms with Gasteiger partial charge in [0.2, 0.25) is 0 Å². The first-order valence-corrected chi connectivity index (χ1v) is 3.48. The maximum Gasteiger partial charge on any atom is 0.298 e. The molecule has 3 nitrogen and oxygen atoms in total. The van der Waals surface area contributed by atoms with Crippen molar-refractivity contribution in [3.63, 3.8) is 0 Å². The summed E-state index contributed by atoms with van der Waals surface area (Å²) >= 11 is 0. The van der Waals surface area contributed by atoms with Gasteiger partial charge in [0.15, 0.2) is 5.76 Å². The zero-order valence-electron chi connectivity index (χ0n) is 7.39. The lowest BCUT2D eigenvalue weighted by molar-refractivity contribution is -0.124. The molecule has 0 atom stereocenters. The van der Waals surface area contributed by atoms with Gasteiger partial charge in [0.25, 0.3) is 6.47 Å². The number of carbonyl (C=O) groups is 1. The topological polar surface area (TPSA) is 38.3 Å². The first-order valence-electron chi connectivity index (χ1n) is 3.48. The van der Waals surface area contributed by atoms with E-state index in [1.807, 2.05) is 0 Å². The van der Waals surface area contributed by atoms with Crippen LogP contribution in [0.4, 0.5) is 0 Å². The molecule has 0 spiro atoms. The Hall–Kier alpha value is -1.51. The maximum absolute atomic E-state index is 10.1. The normalized spacial score (nSPS) is 11.2. The van der Waals surface area contributed by atoms with Crippen LogP contribution in [0.2, 0.25) is 0 Å². The lowest BCUT2D eigenvalue weighted by Crippen LogP contribution is -2.09. The Morgan fingerprint density at radius 2 is 2.17 bits per heavy atom. The van der Waals surface area contributed by atoms with Gasteiger partial charge in [0.05, 0.1) is 5.70 Å². The number of allylic oxidation sites excluding steroid dienone is 2. The second-order valence-electron chi connectivity index (χ2n) is 2.19. The summed E-state index contributed by atoms with van der Waals surface area (Å²) in [6.45, 7) is 9.34. The van der Waals surface area contributed by atoms with Crippen LogP contribution in [0.1, 0.15) is 6.92 Å². The fraction of sp³-hybridized carbons (Fsp3) is 0.222. The summed E-state index contributed by atoms with van der Waals surface area (Å²) in [6, 6.07) is 0. The van der Waals surface area contributed by atoms with E-state index in [4.69, 9.17) is 4.74 Å². The van der Waals surface area contributed by atoms with E-state index in [1.165, 1.54) is 0 Å². The molecule has 0 saturated carbocycles. The largest absolute Gasteiger partial charge is 0.426 e. The summed E-state index contributed by atoms with van der Waals surface area (Å²) in [5.74, 6) is 0.419. The van der Waals surface area contributed by atoms with Crippen LogP contribution < -0.4 is 5.32 Å². The lowest BCUT2D eigenvalue weighted by atomic mass is 10.2. The van der Waals surface area contributed by atoms with Crippen molar-refractivity contribution in [2.45, 2.75) is 6.92 Å². The standard InChI is InChI=1S/C9H13NO2/c1-5-8(10-4)9(7(2)3)12-6-11/h5-6,10H,1-2H2,3-4H3/b9-8-. The van der Waals surface area contributed by atoms with Crippen LogP contribution in [-0.4, -0.2) is 13.5 Å². The first-order chi connectivity index (χ1) is 5.67. The maximum atomic E-state index is 10.1. The summed E-state index contributed by atoms with van der Waals surface area (Å²) in [7, 11) is 1.72. The van der Waals surface area contributed by atoms with Crippen molar-refractivity contribution in [2.75, 3.05) is 7.05 Å². The fourth-order valence-electron chi connectivity index (χ4n) is 0.750. The highest BCUT2D eigenvalue weighted by Gasteiger charge is 2.04. The third-order valence-electron chi connectivity index (χ3n) is 1.27. The van der Waals surface area contributed by atoms with Gasteiger partial charge >= 0.3 is 0 Å². The van der Waals surface area contributed by atoms with Crippen molar-refractivity contribution >= 4 is 6.47 Å². The molecular formula is C9H13NO2. The number of carbonyl (C=O) groups excluding carboxylic acids is 1. The van der Waals surface area contributed by atoms with E-state index >= 15 is 0 Å². The average Bonchev–Trinajstić information content (AvgIpc) is 2.05. The van der Waals surface area contributed by atoms with Crippen LogP contribution in [-0.2, 0) is 9.53 Å². The van der Waals surface area contributed by atoms with Gasteiger partial charge in [-0.25, -0.2) is 0 Å². The Morgan fingerprint density at radius 1 is 1.58 bits per heavy atom. The van der Waals surface area contributed by atoms with E-state index in [2.05, 4.69) is 18.5 Å². The predicted octanol–water partition coefficient (Wildman–Crippen LogP) is 1.35. The van der Waals surface area contributed by atoms with Crippen LogP contribution >= 0.6 is 0 Å². The molecule has 0 fully saturated rings. The second kappa shape index (κ2) is 5.18. The van der Waals surface area contributed by atoms with Gasteiger partial charge in [-0.1, -0.05) is 13.2 Å². The molecular weight excluding hydrogens is 154 g/mol. The van der Waals surface area contributed by atoms with E-state index in [-0.39, 0.29) is 0 Å². The molecule has 12 heavy (non-hydrogen) atoms. The average molecular weight is 167 g/mol. The summed E-state index contributed by atoms with van der Waals surface area (Å²) < 4.78 is 4.71. The molecule has 0 aromatic heterocycles. The number of likely N-dealkylation sites (N-methyl/N-ethyl adjacent to an activating group) is 1. The highest BCUT2D eigenvalue weighted by molar-refractivity contribution is 5.45. The number of nitrogens with one attached hydrogen (secondary N) is 1. The van der Waals surface area contributed by atoms with Crippen LogP contribution in [0, 0.1) is 0 Å². The molecule has 0 aromatic rings. The van der Waals surface area contributed by atoms with E-state index in [9.17, 15) is 4.79 Å². The summed E-state index contributed by atoms with van der Waals surface area (Å²) in [6.07, 6.45) is 1.56. The molecule has 0 aromatic carbocycles. The molecule has 1 N–H and O–H groups in total. The van der Waals surface area contributed by atoms with Gasteiger partial charge in [0, 0.05) is 7.05 Å². The number of ether oxygens (including phenoxy) is 1. The predicted molar refractivity (Wildman–Crippen MR) is 48.2 cm³/mol. The quantitative estimate of drug-likeness (QED) is 0.381. The Bertz CT molecular complexity index is 229. The van der Waals surface area contributed by atoms with Crippen molar-refractivity contribution in [3.8, 4) is 0 Å². The lowest BCUT2D eigenvalue weighted by Gasteiger charge is -2.08. The van der Waals surface area contributed by atoms with Gasteiger partial charge in [-0.3, -0.25) is 4.79 Å². The van der Waals surface area contributed by atoms with Gasteiger partial charge in [-0.15, -0.1) is 0 Å². The fourth-order valence-corrected chi connectivity index (χ4v) is 0.750. The molecule has 0 heterocycles. The Kier molecular flexibility index (Phi) is 4.53. The van der Waals surface area contributed by atoms with Crippen LogP contribution in [0.3, 0.4) is 0 Å². The summed E-state index contributed by atoms with van der Waals surface area (Å²) in [5, 5.41) is 2.83. The Balaban J connectivity index is 4.87. The van der Waals surface area contributed by atoms with E-state index in [0.717, 1.165) is 0 Å². The highest BCUT2D eigenvalue weighted by atomic mass is 16.5. The van der Waals surface area contributed by atoms with Crippen LogP contribution in [0.5, 0.6) is 0 Å². The van der Waals surface area contributed by atoms with Gasteiger partial charge in [-0.05, 0) is 18.6 Å². The van der Waals surface area contributed by atoms with E-state index in [0.29, 0.717) is 23.5 Å². The third kappa shape index (κ3) is 2.62. The number of hydrogen-bond donors (Lipinski definition) is 1. The van der Waals surface area contributed by atoms with Gasteiger partial charge in [0.1, 0.15) is 0 Å². The molecule has 0 amide bonds. The van der Waals surface area contributed by atoms with Crippen molar-refractivity contribution in [3.05, 3.63) is 36.3 Å². The zero-order valence-corrected chi connectivity index (χ0v) is 7.39. The minimum atomic E-state index is 0.366. The van der Waals surface area contributed by atoms with Crippen LogP contribution in [0.25, 0.3) is 0 Å². The Morgan fingerprint density at radius 3 is 2.42 bits per heavy atom. The number of rotatable bonds is 5. The molecule has 0 radical (unpaired) electrons. The summed E-state index contributed by atoms with van der Waals surface area (Å²) in [5.41, 5.74) is 1.32. The second-order valence-corrected chi connectivity index (χ2v) is 2.19. The zero-order chi connectivity index (χ0) is 9.56. The van der Waals surface area contributed by atoms with Gasteiger partial charge < -0.3 is 10.1 Å². The van der Waals surface area contributed by atoms with Crippen molar-refractivity contribution in [1.82, 2.24) is 5.32 Å². The molecule has 0 rings (SSSR count). The van der Waals surface area contributed by atoms with E-state index < -0.39 is 0 Å². The minimum absolute atomic E-state index is 0.366. The first kappa shape index (κ1) is 10.5. The minimum Gasteiger partial charge on any atom is -0.426 e.